The lowest BCUT2D eigenvalue weighted by Crippen LogP contribution is -2.14. The Balaban J connectivity index is 1.98. The van der Waals surface area contributed by atoms with E-state index in [4.69, 9.17) is 0 Å². The molecular weight excluding hydrogens is 261 g/mol. The molecule has 100 valence electrons. The predicted molar refractivity (Wildman–Crippen MR) is 60.3 cm³/mol. The highest BCUT2D eigenvalue weighted by Crippen LogP contribution is 2.29. The monoisotopic (exact) mass is 270 g/mol. The van der Waals surface area contributed by atoms with Gasteiger partial charge in [0.15, 0.2) is 0 Å². The number of rotatable bonds is 3. The first kappa shape index (κ1) is 13.1. The van der Waals surface area contributed by atoms with Crippen molar-refractivity contribution < 1.29 is 22.5 Å². The van der Waals surface area contributed by atoms with Crippen molar-refractivity contribution in [2.24, 2.45) is 0 Å². The molecule has 2 rings (SSSR count). The van der Waals surface area contributed by atoms with Gasteiger partial charge in [0.1, 0.15) is 6.26 Å². The molecule has 0 saturated heterocycles. The van der Waals surface area contributed by atoms with Gasteiger partial charge < -0.3 is 9.84 Å². The van der Waals surface area contributed by atoms with E-state index >= 15 is 0 Å². The van der Waals surface area contributed by atoms with Crippen LogP contribution in [0.2, 0.25) is 0 Å². The molecule has 0 radical (unpaired) electrons. The minimum atomic E-state index is -4.39. The summed E-state index contributed by atoms with van der Waals surface area (Å²) in [5.41, 5.74) is -0.0205. The fourth-order valence-electron chi connectivity index (χ4n) is 1.44. The summed E-state index contributed by atoms with van der Waals surface area (Å²) in [7, 11) is 0. The molecule has 1 N–H and O–H groups in total. The van der Waals surface area contributed by atoms with Crippen molar-refractivity contribution >= 4 is 11.6 Å². The van der Waals surface area contributed by atoms with Crippen molar-refractivity contribution in [3.63, 3.8) is 0 Å². The van der Waals surface area contributed by atoms with Gasteiger partial charge in [-0.25, -0.2) is 0 Å². The summed E-state index contributed by atoms with van der Waals surface area (Å²) in [6, 6.07) is 5.75. The molecule has 0 aliphatic heterocycles. The molecule has 0 fully saturated rings. The number of nitrogens with zero attached hydrogens (tertiary/aromatic N) is 1. The van der Waals surface area contributed by atoms with Crippen molar-refractivity contribution in [1.82, 2.24) is 5.16 Å². The molecule has 1 amide bonds. The molecule has 4 nitrogen and oxygen atoms in total. The van der Waals surface area contributed by atoms with E-state index in [1.807, 2.05) is 0 Å². The fourth-order valence-corrected chi connectivity index (χ4v) is 1.44. The average molecular weight is 270 g/mol. The maximum absolute atomic E-state index is 12.3. The van der Waals surface area contributed by atoms with Crippen LogP contribution in [-0.2, 0) is 17.4 Å². The number of carbonyl (C=O) groups excluding carboxylic acids is 1. The molecule has 1 aromatic carbocycles. The zero-order chi connectivity index (χ0) is 13.9. The van der Waals surface area contributed by atoms with Crippen molar-refractivity contribution in [2.75, 3.05) is 5.32 Å². The maximum atomic E-state index is 12.3. The Kier molecular flexibility index (Phi) is 3.55. The molecule has 0 saturated carbocycles. The van der Waals surface area contributed by atoms with Gasteiger partial charge in [-0.05, 0) is 24.3 Å². The summed E-state index contributed by atoms with van der Waals surface area (Å²) in [5, 5.41) is 6.03. The van der Waals surface area contributed by atoms with Crippen LogP contribution in [0.15, 0.2) is 41.1 Å². The number of nitrogens with one attached hydrogen (secondary N) is 1. The Morgan fingerprint density at radius 3 is 2.42 bits per heavy atom. The third-order valence-corrected chi connectivity index (χ3v) is 2.33. The Labute approximate surface area is 106 Å². The van der Waals surface area contributed by atoms with Gasteiger partial charge >= 0.3 is 6.18 Å². The molecule has 1 heterocycles. The van der Waals surface area contributed by atoms with Crippen LogP contribution in [0, 0.1) is 0 Å². The molecule has 2 aromatic rings. The second-order valence-electron chi connectivity index (χ2n) is 3.79. The van der Waals surface area contributed by atoms with Crippen LogP contribution in [0.3, 0.4) is 0 Å². The van der Waals surface area contributed by atoms with Crippen LogP contribution in [-0.4, -0.2) is 11.1 Å². The lowest BCUT2D eigenvalue weighted by molar-refractivity contribution is -0.137. The lowest BCUT2D eigenvalue weighted by Gasteiger charge is -2.08. The van der Waals surface area contributed by atoms with Crippen molar-refractivity contribution in [1.29, 1.82) is 0 Å². The molecule has 0 aliphatic rings. The number of benzene rings is 1. The van der Waals surface area contributed by atoms with E-state index in [-0.39, 0.29) is 12.3 Å². The lowest BCUT2D eigenvalue weighted by atomic mass is 10.2. The topological polar surface area (TPSA) is 55.1 Å². The first-order valence-electron chi connectivity index (χ1n) is 5.31. The average Bonchev–Trinajstić information content (AvgIpc) is 2.81. The van der Waals surface area contributed by atoms with Crippen LogP contribution < -0.4 is 5.32 Å². The van der Waals surface area contributed by atoms with Crippen LogP contribution in [0.4, 0.5) is 18.9 Å². The largest absolute Gasteiger partial charge is 0.416 e. The normalized spacial score (nSPS) is 11.3. The molecule has 0 aliphatic carbocycles. The molecule has 0 bridgehead atoms. The molecule has 0 unspecified atom stereocenters. The number of halogens is 3. The third-order valence-electron chi connectivity index (χ3n) is 2.33. The first-order valence-corrected chi connectivity index (χ1v) is 5.31. The second kappa shape index (κ2) is 5.13. The minimum Gasteiger partial charge on any atom is -0.364 e. The zero-order valence-electron chi connectivity index (χ0n) is 9.57. The summed E-state index contributed by atoms with van der Waals surface area (Å²) < 4.78 is 41.5. The standard InChI is InChI=1S/C12H9F3N2O2/c13-12(14,15)8-1-3-9(4-2-8)16-11(18)7-10-5-6-19-17-10/h1-6H,7H2,(H,16,18). The molecule has 19 heavy (non-hydrogen) atoms. The molecular formula is C12H9F3N2O2. The Hall–Kier alpha value is -2.31. The highest BCUT2D eigenvalue weighted by Gasteiger charge is 2.29. The Morgan fingerprint density at radius 2 is 1.89 bits per heavy atom. The summed E-state index contributed by atoms with van der Waals surface area (Å²) in [4.78, 5) is 11.5. The first-order chi connectivity index (χ1) is 8.95. The number of anilines is 1. The SMILES string of the molecule is O=C(Cc1ccon1)Nc1ccc(C(F)(F)F)cc1. The van der Waals surface area contributed by atoms with E-state index in [0.717, 1.165) is 12.1 Å². The number of carbonyl (C=O) groups is 1. The number of aromatic nitrogens is 1. The molecule has 7 heteroatoms. The maximum Gasteiger partial charge on any atom is 0.416 e. The van der Waals surface area contributed by atoms with Crippen LogP contribution in [0.25, 0.3) is 0 Å². The van der Waals surface area contributed by atoms with Crippen LogP contribution in [0.5, 0.6) is 0 Å². The van der Waals surface area contributed by atoms with E-state index in [9.17, 15) is 18.0 Å². The van der Waals surface area contributed by atoms with E-state index in [2.05, 4.69) is 15.0 Å². The van der Waals surface area contributed by atoms with Gasteiger partial charge in [-0.1, -0.05) is 5.16 Å². The highest BCUT2D eigenvalue weighted by atomic mass is 19.4. The van der Waals surface area contributed by atoms with Gasteiger partial charge in [0.05, 0.1) is 17.7 Å². The number of hydrogen-bond donors (Lipinski definition) is 1. The third kappa shape index (κ3) is 3.57. The number of hydrogen-bond acceptors (Lipinski definition) is 3. The smallest absolute Gasteiger partial charge is 0.364 e. The number of amides is 1. The van der Waals surface area contributed by atoms with Crippen LogP contribution in [0.1, 0.15) is 11.3 Å². The molecule has 0 spiro atoms. The van der Waals surface area contributed by atoms with Gasteiger partial charge in [-0.3, -0.25) is 4.79 Å². The number of alkyl halides is 3. The second-order valence-corrected chi connectivity index (χ2v) is 3.79. The van der Waals surface area contributed by atoms with Gasteiger partial charge in [-0.2, -0.15) is 13.2 Å². The van der Waals surface area contributed by atoms with Gasteiger partial charge in [0, 0.05) is 11.8 Å². The van der Waals surface area contributed by atoms with E-state index in [1.54, 1.807) is 0 Å². The summed E-state index contributed by atoms with van der Waals surface area (Å²) in [5.74, 6) is -0.381. The van der Waals surface area contributed by atoms with Crippen molar-refractivity contribution in [3.8, 4) is 0 Å². The van der Waals surface area contributed by atoms with Crippen LogP contribution >= 0.6 is 0 Å². The minimum absolute atomic E-state index is 0.00246. The fraction of sp³-hybridized carbons (Fsp3) is 0.167. The summed E-state index contributed by atoms with van der Waals surface area (Å²) in [6.45, 7) is 0. The summed E-state index contributed by atoms with van der Waals surface area (Å²) in [6.07, 6.45) is -3.05. The van der Waals surface area contributed by atoms with E-state index in [1.165, 1.54) is 24.5 Å². The van der Waals surface area contributed by atoms with E-state index < -0.39 is 11.7 Å². The zero-order valence-corrected chi connectivity index (χ0v) is 9.57. The van der Waals surface area contributed by atoms with Crippen molar-refractivity contribution in [2.45, 2.75) is 12.6 Å². The highest BCUT2D eigenvalue weighted by molar-refractivity contribution is 5.91. The van der Waals surface area contributed by atoms with Gasteiger partial charge in [0.2, 0.25) is 5.91 Å². The summed E-state index contributed by atoms with van der Waals surface area (Å²) >= 11 is 0. The van der Waals surface area contributed by atoms with Crippen molar-refractivity contribution in [3.05, 3.63) is 47.9 Å². The Bertz CT molecular complexity index is 547. The predicted octanol–water partition coefficient (Wildman–Crippen LogP) is 2.87. The quantitative estimate of drug-likeness (QED) is 0.933. The van der Waals surface area contributed by atoms with Gasteiger partial charge in [-0.15, -0.1) is 0 Å². The molecule has 0 atom stereocenters. The van der Waals surface area contributed by atoms with Gasteiger partial charge in [0.25, 0.3) is 0 Å². The van der Waals surface area contributed by atoms with E-state index in [0.29, 0.717) is 11.4 Å². The Morgan fingerprint density at radius 1 is 1.21 bits per heavy atom. The molecule has 1 aromatic heterocycles.